The van der Waals surface area contributed by atoms with E-state index in [2.05, 4.69) is 30.4 Å². The van der Waals surface area contributed by atoms with Crippen LogP contribution in [0.2, 0.25) is 0 Å². The molecule has 0 amide bonds. The molecule has 0 spiro atoms. The molecular formula is C23H23N7O4. The molecule has 3 N–H and O–H groups in total. The van der Waals surface area contributed by atoms with Gasteiger partial charge in [-0.2, -0.15) is 19.9 Å². The Morgan fingerprint density at radius 2 is 1.79 bits per heavy atom. The number of carbonyl (C=O) groups excluding carboxylic acids is 1. The summed E-state index contributed by atoms with van der Waals surface area (Å²) in [6.07, 6.45) is 0.526. The van der Waals surface area contributed by atoms with Crippen molar-refractivity contribution in [2.75, 3.05) is 24.8 Å². The van der Waals surface area contributed by atoms with Gasteiger partial charge in [0.2, 0.25) is 23.6 Å². The normalized spacial score (nSPS) is 10.8. The SMILES string of the molecule is COCCc1nc(-c2ccc(C(=O)OCc3nc(N)nc(Nc4ccc(C)cc4)n3)cc2)no1. The molecule has 0 radical (unpaired) electrons. The van der Waals surface area contributed by atoms with Gasteiger partial charge in [-0.05, 0) is 31.2 Å². The average Bonchev–Trinajstić information content (AvgIpc) is 3.31. The first-order valence-corrected chi connectivity index (χ1v) is 10.4. The van der Waals surface area contributed by atoms with E-state index in [9.17, 15) is 4.79 Å². The summed E-state index contributed by atoms with van der Waals surface area (Å²) in [6, 6.07) is 14.4. The lowest BCUT2D eigenvalue weighted by Crippen LogP contribution is -2.11. The van der Waals surface area contributed by atoms with Crippen LogP contribution in [0.15, 0.2) is 53.1 Å². The van der Waals surface area contributed by atoms with E-state index >= 15 is 0 Å². The highest BCUT2D eigenvalue weighted by Gasteiger charge is 2.13. The van der Waals surface area contributed by atoms with Crippen LogP contribution in [0.25, 0.3) is 11.4 Å². The summed E-state index contributed by atoms with van der Waals surface area (Å²) in [5, 5.41) is 7.00. The van der Waals surface area contributed by atoms with Gasteiger partial charge in [0, 0.05) is 18.4 Å². The van der Waals surface area contributed by atoms with Gasteiger partial charge in [0.1, 0.15) is 0 Å². The molecule has 2 heterocycles. The highest BCUT2D eigenvalue weighted by Crippen LogP contribution is 2.18. The molecule has 4 rings (SSSR count). The highest BCUT2D eigenvalue weighted by molar-refractivity contribution is 5.89. The monoisotopic (exact) mass is 461 g/mol. The minimum Gasteiger partial charge on any atom is -0.454 e. The Morgan fingerprint density at radius 1 is 1.03 bits per heavy atom. The van der Waals surface area contributed by atoms with Gasteiger partial charge in [0.25, 0.3) is 0 Å². The molecule has 11 heteroatoms. The standard InChI is InChI=1S/C23H23N7O4/c1-14-3-9-17(10-4-14)25-23-27-18(26-22(24)29-23)13-33-21(31)16-7-5-15(6-8-16)20-28-19(34-30-20)11-12-32-2/h3-10H,11-13H2,1-2H3,(H3,24,25,26,27,29). The van der Waals surface area contributed by atoms with Gasteiger partial charge < -0.3 is 25.0 Å². The summed E-state index contributed by atoms with van der Waals surface area (Å²) in [4.78, 5) is 29.2. The summed E-state index contributed by atoms with van der Waals surface area (Å²) in [6.45, 7) is 2.32. The molecule has 0 aliphatic rings. The fourth-order valence-corrected chi connectivity index (χ4v) is 2.96. The quantitative estimate of drug-likeness (QED) is 0.354. The Bertz CT molecular complexity index is 1260. The number of esters is 1. The smallest absolute Gasteiger partial charge is 0.338 e. The lowest BCUT2D eigenvalue weighted by molar-refractivity contribution is 0.0462. The van der Waals surface area contributed by atoms with Crippen LogP contribution in [-0.4, -0.2) is 44.8 Å². The molecule has 0 bridgehead atoms. The number of hydrogen-bond donors (Lipinski definition) is 2. The first-order valence-electron chi connectivity index (χ1n) is 10.4. The predicted octanol–water partition coefficient (Wildman–Crippen LogP) is 3.10. The van der Waals surface area contributed by atoms with Crippen molar-refractivity contribution in [3.8, 4) is 11.4 Å². The van der Waals surface area contributed by atoms with Gasteiger partial charge >= 0.3 is 5.97 Å². The van der Waals surface area contributed by atoms with Crippen LogP contribution >= 0.6 is 0 Å². The first-order chi connectivity index (χ1) is 16.5. The number of anilines is 3. The van der Waals surface area contributed by atoms with Crippen molar-refractivity contribution in [3.05, 3.63) is 71.4 Å². The van der Waals surface area contributed by atoms with Crippen LogP contribution in [0, 0.1) is 6.92 Å². The fraction of sp³-hybridized carbons (Fsp3) is 0.217. The van der Waals surface area contributed by atoms with Crippen molar-refractivity contribution in [1.29, 1.82) is 0 Å². The van der Waals surface area contributed by atoms with Gasteiger partial charge in [-0.15, -0.1) is 0 Å². The Balaban J connectivity index is 1.37. The fourth-order valence-electron chi connectivity index (χ4n) is 2.96. The Morgan fingerprint density at radius 3 is 2.53 bits per heavy atom. The number of nitrogens with two attached hydrogens (primary N) is 1. The maximum Gasteiger partial charge on any atom is 0.338 e. The maximum absolute atomic E-state index is 12.5. The van der Waals surface area contributed by atoms with Crippen LogP contribution in [-0.2, 0) is 22.5 Å². The number of aryl methyl sites for hydroxylation is 1. The second kappa shape index (κ2) is 10.5. The summed E-state index contributed by atoms with van der Waals surface area (Å²) >= 11 is 0. The van der Waals surface area contributed by atoms with Crippen molar-refractivity contribution in [1.82, 2.24) is 25.1 Å². The van der Waals surface area contributed by atoms with Crippen molar-refractivity contribution < 1.29 is 18.8 Å². The molecule has 11 nitrogen and oxygen atoms in total. The molecule has 174 valence electrons. The maximum atomic E-state index is 12.5. The molecule has 2 aromatic heterocycles. The summed E-state index contributed by atoms with van der Waals surface area (Å²) < 4.78 is 15.5. The van der Waals surface area contributed by atoms with E-state index in [1.807, 2.05) is 31.2 Å². The molecule has 0 atom stereocenters. The molecule has 2 aromatic carbocycles. The Kier molecular flexibility index (Phi) is 7.04. The van der Waals surface area contributed by atoms with Crippen LogP contribution in [0.1, 0.15) is 27.6 Å². The number of nitrogen functional groups attached to an aromatic ring is 1. The number of methoxy groups -OCH3 is 1. The summed E-state index contributed by atoms with van der Waals surface area (Å²) in [7, 11) is 1.60. The van der Waals surface area contributed by atoms with Gasteiger partial charge in [0.05, 0.1) is 18.6 Å². The number of ether oxygens (including phenoxy) is 2. The zero-order chi connectivity index (χ0) is 23.9. The molecular weight excluding hydrogens is 438 g/mol. The zero-order valence-corrected chi connectivity index (χ0v) is 18.7. The lowest BCUT2D eigenvalue weighted by Gasteiger charge is -2.08. The van der Waals surface area contributed by atoms with Gasteiger partial charge in [0.15, 0.2) is 12.4 Å². The van der Waals surface area contributed by atoms with Crippen LogP contribution in [0.5, 0.6) is 0 Å². The van der Waals surface area contributed by atoms with Gasteiger partial charge in [-0.3, -0.25) is 0 Å². The third kappa shape index (κ3) is 5.90. The number of hydrogen-bond acceptors (Lipinski definition) is 11. The van der Waals surface area contributed by atoms with E-state index in [0.29, 0.717) is 35.9 Å². The predicted molar refractivity (Wildman–Crippen MR) is 123 cm³/mol. The molecule has 0 saturated carbocycles. The van der Waals surface area contributed by atoms with Gasteiger partial charge in [-0.1, -0.05) is 35.0 Å². The molecule has 0 saturated heterocycles. The molecule has 0 aliphatic heterocycles. The first kappa shape index (κ1) is 22.8. The van der Waals surface area contributed by atoms with Crippen molar-refractivity contribution in [2.24, 2.45) is 0 Å². The van der Waals surface area contributed by atoms with Crippen LogP contribution in [0.4, 0.5) is 17.6 Å². The van der Waals surface area contributed by atoms with Crippen LogP contribution in [0.3, 0.4) is 0 Å². The number of benzene rings is 2. The van der Waals surface area contributed by atoms with E-state index < -0.39 is 5.97 Å². The number of nitrogens with one attached hydrogen (secondary N) is 1. The third-order valence-electron chi connectivity index (χ3n) is 4.71. The number of nitrogens with zero attached hydrogens (tertiary/aromatic N) is 5. The number of rotatable bonds is 9. The van der Waals surface area contributed by atoms with E-state index in [1.54, 1.807) is 31.4 Å². The Hall–Kier alpha value is -4.38. The number of carbonyl (C=O) groups is 1. The van der Waals surface area contributed by atoms with Crippen molar-refractivity contribution in [3.63, 3.8) is 0 Å². The lowest BCUT2D eigenvalue weighted by atomic mass is 10.1. The second-order valence-electron chi connectivity index (χ2n) is 7.33. The summed E-state index contributed by atoms with van der Waals surface area (Å²) in [5.41, 5.74) is 8.78. The van der Waals surface area contributed by atoms with E-state index in [4.69, 9.17) is 19.7 Å². The van der Waals surface area contributed by atoms with Crippen LogP contribution < -0.4 is 11.1 Å². The van der Waals surface area contributed by atoms with Crippen molar-refractivity contribution in [2.45, 2.75) is 20.0 Å². The Labute approximate surface area is 195 Å². The summed E-state index contributed by atoms with van der Waals surface area (Å²) in [5.74, 6) is 0.880. The van der Waals surface area contributed by atoms with E-state index in [0.717, 1.165) is 11.3 Å². The molecule has 0 fully saturated rings. The minimum atomic E-state index is -0.535. The number of aromatic nitrogens is 5. The highest BCUT2D eigenvalue weighted by atomic mass is 16.5. The zero-order valence-electron chi connectivity index (χ0n) is 18.7. The topological polar surface area (TPSA) is 151 Å². The molecule has 34 heavy (non-hydrogen) atoms. The van der Waals surface area contributed by atoms with Gasteiger partial charge in [-0.25, -0.2) is 4.79 Å². The second-order valence-corrected chi connectivity index (χ2v) is 7.33. The third-order valence-corrected chi connectivity index (χ3v) is 4.71. The largest absolute Gasteiger partial charge is 0.454 e. The molecule has 4 aromatic rings. The van der Waals surface area contributed by atoms with E-state index in [1.165, 1.54) is 0 Å². The molecule has 0 aliphatic carbocycles. The van der Waals surface area contributed by atoms with E-state index in [-0.39, 0.29) is 24.3 Å². The molecule has 0 unspecified atom stereocenters. The minimum absolute atomic E-state index is 0.0185. The average molecular weight is 461 g/mol. The van der Waals surface area contributed by atoms with Crippen molar-refractivity contribution >= 4 is 23.6 Å².